The topological polar surface area (TPSA) is 0 Å². The van der Waals surface area contributed by atoms with E-state index in [0.717, 1.165) is 0 Å². The number of rotatable bonds is 9. The summed E-state index contributed by atoms with van der Waals surface area (Å²) in [6.07, 6.45) is 7.09. The minimum absolute atomic E-state index is 1.37. The van der Waals surface area contributed by atoms with Crippen LogP contribution in [0.2, 0.25) is 13.3 Å². The van der Waals surface area contributed by atoms with Gasteiger partial charge in [0.25, 0.3) is 0 Å². The molecule has 0 aliphatic heterocycles. The zero-order valence-electron chi connectivity index (χ0n) is 11.8. The maximum absolute atomic E-state index is 2.46. The van der Waals surface area contributed by atoms with Crippen LogP contribution in [0.4, 0.5) is 0 Å². The molecule has 0 fully saturated rings. The molecule has 0 saturated heterocycles. The van der Waals surface area contributed by atoms with E-state index in [0.29, 0.717) is 0 Å². The average molecular weight is 359 g/mol. The molecule has 0 bridgehead atoms. The molecule has 2 heteroatoms. The van der Waals surface area contributed by atoms with E-state index >= 15 is 0 Å². The minimum atomic E-state index is -1.98. The van der Waals surface area contributed by atoms with E-state index in [2.05, 4.69) is 49.6 Å². The average Bonchev–Trinajstić information content (AvgIpc) is 2.87. The van der Waals surface area contributed by atoms with Gasteiger partial charge >= 0.3 is 116 Å². The SMILES string of the molecule is CCC[CH2][Sn]([CH2]CC)([CH2]CCC)[c]1cccs1. The van der Waals surface area contributed by atoms with Gasteiger partial charge in [0.1, 0.15) is 0 Å². The van der Waals surface area contributed by atoms with Crippen LogP contribution in [-0.4, -0.2) is 18.4 Å². The molecule has 0 unspecified atom stereocenters. The van der Waals surface area contributed by atoms with Crippen LogP contribution in [0.5, 0.6) is 0 Å². The van der Waals surface area contributed by atoms with Crippen LogP contribution >= 0.6 is 11.3 Å². The fourth-order valence-electron chi connectivity index (χ4n) is 2.83. The molecule has 0 atom stereocenters. The second kappa shape index (κ2) is 8.57. The second-order valence-electron chi connectivity index (χ2n) is 5.21. The first kappa shape index (κ1) is 15.6. The Balaban J connectivity index is 2.84. The molecular formula is C15H28SSn. The number of unbranched alkanes of at least 4 members (excludes halogenated alkanes) is 2. The molecule has 0 amide bonds. The molecule has 1 heterocycles. The van der Waals surface area contributed by atoms with Crippen LogP contribution in [-0.2, 0) is 0 Å². The summed E-state index contributed by atoms with van der Waals surface area (Å²) >= 11 is 0.0826. The normalized spacial score (nSPS) is 11.9. The molecule has 98 valence electrons. The third-order valence-electron chi connectivity index (χ3n) is 3.79. The van der Waals surface area contributed by atoms with Crippen molar-refractivity contribution in [2.45, 2.75) is 66.2 Å². The molecule has 1 rings (SSSR count). The van der Waals surface area contributed by atoms with E-state index in [1.165, 1.54) is 32.1 Å². The van der Waals surface area contributed by atoms with Crippen molar-refractivity contribution in [1.29, 1.82) is 0 Å². The quantitative estimate of drug-likeness (QED) is 0.517. The van der Waals surface area contributed by atoms with Crippen molar-refractivity contribution >= 4 is 32.6 Å². The molecule has 0 saturated carbocycles. The summed E-state index contributed by atoms with van der Waals surface area (Å²) in [6.45, 7) is 7.07. The second-order valence-corrected chi connectivity index (χ2v) is 20.3. The van der Waals surface area contributed by atoms with Crippen LogP contribution in [0.25, 0.3) is 0 Å². The van der Waals surface area contributed by atoms with E-state index in [-0.39, 0.29) is 0 Å². The van der Waals surface area contributed by atoms with Crippen LogP contribution in [0, 0.1) is 0 Å². The van der Waals surface area contributed by atoms with Gasteiger partial charge < -0.3 is 0 Å². The molecule has 1 aromatic heterocycles. The first-order valence-electron chi connectivity index (χ1n) is 7.33. The Labute approximate surface area is 116 Å². The van der Waals surface area contributed by atoms with E-state index in [4.69, 9.17) is 0 Å². The fourth-order valence-corrected chi connectivity index (χ4v) is 22.5. The van der Waals surface area contributed by atoms with Crippen molar-refractivity contribution in [2.24, 2.45) is 0 Å². The molecule has 0 aliphatic rings. The first-order valence-corrected chi connectivity index (χ1v) is 15.7. The van der Waals surface area contributed by atoms with Crippen molar-refractivity contribution in [3.63, 3.8) is 0 Å². The Kier molecular flexibility index (Phi) is 7.85. The summed E-state index contributed by atoms with van der Waals surface area (Å²) < 4.78 is 6.62. The summed E-state index contributed by atoms with van der Waals surface area (Å²) in [5.74, 6) is 0. The molecular weight excluding hydrogens is 331 g/mol. The monoisotopic (exact) mass is 360 g/mol. The molecule has 0 aromatic carbocycles. The van der Waals surface area contributed by atoms with E-state index in [9.17, 15) is 0 Å². The molecule has 0 aliphatic carbocycles. The van der Waals surface area contributed by atoms with Crippen LogP contribution in [0.3, 0.4) is 0 Å². The predicted octanol–water partition coefficient (Wildman–Crippen LogP) is 5.41. The van der Waals surface area contributed by atoms with Gasteiger partial charge in [0.15, 0.2) is 0 Å². The van der Waals surface area contributed by atoms with Crippen molar-refractivity contribution in [3.8, 4) is 0 Å². The van der Waals surface area contributed by atoms with Gasteiger partial charge in [0, 0.05) is 0 Å². The third-order valence-corrected chi connectivity index (χ3v) is 23.5. The van der Waals surface area contributed by atoms with E-state index < -0.39 is 18.4 Å². The Morgan fingerprint density at radius 1 is 0.941 bits per heavy atom. The van der Waals surface area contributed by atoms with Gasteiger partial charge in [-0.3, -0.25) is 0 Å². The number of thiophene rings is 1. The zero-order chi connectivity index (χ0) is 12.6. The molecule has 0 radical (unpaired) electrons. The third kappa shape index (κ3) is 4.59. The maximum atomic E-state index is 2.46. The van der Waals surface area contributed by atoms with Gasteiger partial charge in [-0.2, -0.15) is 0 Å². The molecule has 0 N–H and O–H groups in total. The van der Waals surface area contributed by atoms with Gasteiger partial charge in [-0.15, -0.1) is 0 Å². The van der Waals surface area contributed by atoms with Gasteiger partial charge in [0.2, 0.25) is 0 Å². The summed E-state index contributed by atoms with van der Waals surface area (Å²) in [5, 5.41) is 2.30. The molecule has 17 heavy (non-hydrogen) atoms. The predicted molar refractivity (Wildman–Crippen MR) is 84.2 cm³/mol. The summed E-state index contributed by atoms with van der Waals surface area (Å²) in [6, 6.07) is 4.74. The number of hydrogen-bond donors (Lipinski definition) is 0. The van der Waals surface area contributed by atoms with E-state index in [1.54, 1.807) is 13.3 Å². The van der Waals surface area contributed by atoms with Gasteiger partial charge in [-0.1, -0.05) is 0 Å². The Hall–Kier alpha value is 0.499. The summed E-state index contributed by atoms with van der Waals surface area (Å²) in [7, 11) is 0. The van der Waals surface area contributed by atoms with Crippen LogP contribution < -0.4 is 2.89 Å². The standard InChI is InChI=1S/C4H3S.2C4H9.C3H7.Sn/c1-2-4-5-3-1;2*1-3-4-2;1-3-2;/h1-3H;2*1,3-4H2,2H3;1,3H2,2H3;. The van der Waals surface area contributed by atoms with E-state index in [1.807, 2.05) is 2.89 Å². The Morgan fingerprint density at radius 3 is 2.00 bits per heavy atom. The fraction of sp³-hybridized carbons (Fsp3) is 0.733. The molecule has 0 spiro atoms. The van der Waals surface area contributed by atoms with Crippen molar-refractivity contribution in [1.82, 2.24) is 0 Å². The zero-order valence-corrected chi connectivity index (χ0v) is 15.5. The molecule has 0 nitrogen and oxygen atoms in total. The van der Waals surface area contributed by atoms with Gasteiger partial charge in [0.05, 0.1) is 0 Å². The first-order chi connectivity index (χ1) is 8.29. The van der Waals surface area contributed by atoms with Crippen LogP contribution in [0.1, 0.15) is 52.9 Å². The summed E-state index contributed by atoms with van der Waals surface area (Å²) in [4.78, 5) is 0. The Bertz CT molecular complexity index is 271. The van der Waals surface area contributed by atoms with Gasteiger partial charge in [-0.05, 0) is 0 Å². The van der Waals surface area contributed by atoms with Crippen molar-refractivity contribution < 1.29 is 0 Å². The number of hydrogen-bond acceptors (Lipinski definition) is 1. The van der Waals surface area contributed by atoms with Crippen molar-refractivity contribution in [3.05, 3.63) is 17.5 Å². The van der Waals surface area contributed by atoms with Crippen molar-refractivity contribution in [2.75, 3.05) is 0 Å². The molecule has 1 aromatic rings. The summed E-state index contributed by atoms with van der Waals surface area (Å²) in [5.41, 5.74) is 0. The van der Waals surface area contributed by atoms with Gasteiger partial charge in [-0.25, -0.2) is 0 Å². The van der Waals surface area contributed by atoms with Crippen LogP contribution in [0.15, 0.2) is 17.5 Å². The Morgan fingerprint density at radius 2 is 1.59 bits per heavy atom.